The Morgan fingerprint density at radius 2 is 1.89 bits per heavy atom. The summed E-state index contributed by atoms with van der Waals surface area (Å²) in [4.78, 5) is 25.7. The Kier molecular flexibility index (Phi) is 4.91. The average Bonchev–Trinajstić information content (AvgIpc) is 2.89. The topological polar surface area (TPSA) is 77.8 Å². The van der Waals surface area contributed by atoms with Crippen molar-refractivity contribution in [2.75, 3.05) is 20.3 Å². The molecule has 1 aromatic heterocycles. The van der Waals surface area contributed by atoms with Gasteiger partial charge in [0.15, 0.2) is 6.61 Å². The Morgan fingerprint density at radius 3 is 2.50 bits per heavy atom. The average molecular weight is 389 g/mol. The van der Waals surface area contributed by atoms with Crippen LogP contribution >= 0.6 is 0 Å². The summed E-state index contributed by atoms with van der Waals surface area (Å²) in [6.45, 7) is 4.90. The molecule has 2 unspecified atom stereocenters. The van der Waals surface area contributed by atoms with Gasteiger partial charge in [-0.1, -0.05) is 0 Å². The number of ketones is 1. The Labute approximate surface area is 166 Å². The van der Waals surface area contributed by atoms with Crippen LogP contribution in [0.1, 0.15) is 60.3 Å². The van der Waals surface area contributed by atoms with E-state index in [1.54, 1.807) is 7.11 Å². The first-order valence-electron chi connectivity index (χ1n) is 10.3. The van der Waals surface area contributed by atoms with Gasteiger partial charge in [-0.3, -0.25) is 9.59 Å². The lowest BCUT2D eigenvalue weighted by Gasteiger charge is -2.58. The summed E-state index contributed by atoms with van der Waals surface area (Å²) in [5.41, 5.74) is 1.17. The molecule has 4 aliphatic rings. The van der Waals surface area contributed by atoms with Gasteiger partial charge in [-0.2, -0.15) is 0 Å². The van der Waals surface area contributed by atoms with E-state index in [2.05, 4.69) is 0 Å². The van der Waals surface area contributed by atoms with Crippen LogP contribution in [0.25, 0.3) is 0 Å². The van der Waals surface area contributed by atoms with Crippen LogP contribution in [-0.2, 0) is 20.8 Å². The van der Waals surface area contributed by atoms with Crippen molar-refractivity contribution >= 4 is 11.8 Å². The number of ether oxygens (including phenoxy) is 2. The predicted molar refractivity (Wildman–Crippen MR) is 103 cm³/mol. The monoisotopic (exact) mass is 389 g/mol. The zero-order valence-electron chi connectivity index (χ0n) is 17.1. The molecule has 0 spiro atoms. The summed E-state index contributed by atoms with van der Waals surface area (Å²) in [5.74, 6) is 0.360. The number of nitrogens with zero attached hydrogens (tertiary/aromatic N) is 1. The van der Waals surface area contributed by atoms with E-state index in [4.69, 9.17) is 9.47 Å². The number of Topliss-reactive ketones (excluding diaryl/α,β-unsaturated/α-hetero) is 1. The molecule has 0 aromatic carbocycles. The number of carbonyl (C=O) groups is 2. The summed E-state index contributed by atoms with van der Waals surface area (Å²) in [5, 5.41) is 10.8. The maximum atomic E-state index is 13.0. The van der Waals surface area contributed by atoms with E-state index in [0.717, 1.165) is 43.5 Å². The standard InChI is InChI=1S/C22H31NO5/c1-14-6-18(15(2)23(14)4-5-27-3)19(24)12-28-20(25)21-8-16-7-17(9-21)11-22(26,10-16)13-21/h6,16-17,26H,4-5,7-13H2,1-3H3/t16-,17+,21?,22?. The minimum absolute atomic E-state index is 0.173. The molecule has 0 radical (unpaired) electrons. The number of carbonyl (C=O) groups excluding carboxylic acids is 2. The SMILES string of the molecule is COCCn1c(C)cc(C(=O)COC(=O)C23C[C@@H]4C[C@@H](CC(O)(C4)C2)C3)c1C. The largest absolute Gasteiger partial charge is 0.457 e. The molecule has 6 heteroatoms. The molecule has 4 fully saturated rings. The van der Waals surface area contributed by atoms with Gasteiger partial charge in [-0.05, 0) is 70.3 Å². The highest BCUT2D eigenvalue weighted by molar-refractivity contribution is 5.99. The molecule has 5 rings (SSSR count). The number of esters is 1. The second-order valence-corrected chi connectivity index (χ2v) is 9.39. The third kappa shape index (κ3) is 3.30. The highest BCUT2D eigenvalue weighted by atomic mass is 16.5. The van der Waals surface area contributed by atoms with Gasteiger partial charge in [-0.15, -0.1) is 0 Å². The second kappa shape index (κ2) is 6.99. The van der Waals surface area contributed by atoms with Crippen molar-refractivity contribution in [2.45, 2.75) is 64.5 Å². The number of hydrogen-bond donors (Lipinski definition) is 1. The molecule has 4 aliphatic carbocycles. The van der Waals surface area contributed by atoms with E-state index in [0.29, 0.717) is 37.0 Å². The third-order valence-electron chi connectivity index (χ3n) is 7.19. The second-order valence-electron chi connectivity index (χ2n) is 9.39. The normalized spacial score (nSPS) is 33.3. The lowest BCUT2D eigenvalue weighted by molar-refractivity contribution is -0.195. The number of aryl methyl sites for hydroxylation is 1. The van der Waals surface area contributed by atoms with Crippen molar-refractivity contribution in [1.29, 1.82) is 0 Å². The predicted octanol–water partition coefficient (Wildman–Crippen LogP) is 2.81. The zero-order valence-corrected chi connectivity index (χ0v) is 17.1. The van der Waals surface area contributed by atoms with Crippen molar-refractivity contribution in [3.63, 3.8) is 0 Å². The minimum Gasteiger partial charge on any atom is -0.457 e. The number of rotatable bonds is 7. The summed E-state index contributed by atoms with van der Waals surface area (Å²) in [6, 6.07) is 1.86. The van der Waals surface area contributed by atoms with Crippen LogP contribution in [0.4, 0.5) is 0 Å². The van der Waals surface area contributed by atoms with E-state index >= 15 is 0 Å². The van der Waals surface area contributed by atoms with Gasteiger partial charge in [0.25, 0.3) is 0 Å². The molecule has 28 heavy (non-hydrogen) atoms. The molecule has 1 aromatic rings. The Balaban J connectivity index is 1.42. The smallest absolute Gasteiger partial charge is 0.312 e. The van der Waals surface area contributed by atoms with E-state index in [1.165, 1.54) is 0 Å². The summed E-state index contributed by atoms with van der Waals surface area (Å²) >= 11 is 0. The number of hydrogen-bond acceptors (Lipinski definition) is 5. The molecule has 4 saturated carbocycles. The lowest BCUT2D eigenvalue weighted by Crippen LogP contribution is -2.58. The molecule has 4 atom stereocenters. The van der Waals surface area contributed by atoms with Gasteiger partial charge in [0.2, 0.25) is 5.78 Å². The van der Waals surface area contributed by atoms with Crippen molar-refractivity contribution in [3.8, 4) is 0 Å². The lowest BCUT2D eigenvalue weighted by atomic mass is 9.48. The molecule has 0 saturated heterocycles. The van der Waals surface area contributed by atoms with Crippen LogP contribution in [0.15, 0.2) is 6.07 Å². The number of aliphatic hydroxyl groups is 1. The first-order chi connectivity index (χ1) is 13.3. The summed E-state index contributed by atoms with van der Waals surface area (Å²) in [7, 11) is 1.65. The summed E-state index contributed by atoms with van der Waals surface area (Å²) in [6.07, 6.45) is 4.82. The van der Waals surface area contributed by atoms with Crippen molar-refractivity contribution in [1.82, 2.24) is 4.57 Å². The molecular weight excluding hydrogens is 358 g/mol. The number of aromatic nitrogens is 1. The van der Waals surface area contributed by atoms with E-state index in [9.17, 15) is 14.7 Å². The van der Waals surface area contributed by atoms with E-state index in [-0.39, 0.29) is 18.4 Å². The Morgan fingerprint density at radius 1 is 1.21 bits per heavy atom. The Bertz CT molecular complexity index is 781. The van der Waals surface area contributed by atoms with Crippen LogP contribution in [0.5, 0.6) is 0 Å². The van der Waals surface area contributed by atoms with Crippen LogP contribution in [0, 0.1) is 31.1 Å². The van der Waals surface area contributed by atoms with Crippen LogP contribution in [-0.4, -0.2) is 47.4 Å². The van der Waals surface area contributed by atoms with Crippen molar-refractivity contribution in [2.24, 2.45) is 17.3 Å². The maximum Gasteiger partial charge on any atom is 0.312 e. The van der Waals surface area contributed by atoms with E-state index in [1.807, 2.05) is 24.5 Å². The van der Waals surface area contributed by atoms with Crippen LogP contribution < -0.4 is 0 Å². The third-order valence-corrected chi connectivity index (χ3v) is 7.19. The highest BCUT2D eigenvalue weighted by Gasteiger charge is 2.60. The fourth-order valence-corrected chi connectivity index (χ4v) is 6.43. The van der Waals surface area contributed by atoms with Gasteiger partial charge in [-0.25, -0.2) is 0 Å². The van der Waals surface area contributed by atoms with Crippen molar-refractivity contribution < 1.29 is 24.2 Å². The van der Waals surface area contributed by atoms with Crippen molar-refractivity contribution in [3.05, 3.63) is 23.0 Å². The van der Waals surface area contributed by atoms with Gasteiger partial charge in [0, 0.05) is 30.6 Å². The molecule has 4 bridgehead atoms. The van der Waals surface area contributed by atoms with E-state index < -0.39 is 11.0 Å². The highest BCUT2D eigenvalue weighted by Crippen LogP contribution is 2.61. The molecule has 0 amide bonds. The van der Waals surface area contributed by atoms with Gasteiger partial charge < -0.3 is 19.1 Å². The molecule has 154 valence electrons. The summed E-state index contributed by atoms with van der Waals surface area (Å²) < 4.78 is 12.7. The Hall–Kier alpha value is -1.66. The molecular formula is C22H31NO5. The van der Waals surface area contributed by atoms with Gasteiger partial charge in [0.05, 0.1) is 17.6 Å². The number of methoxy groups -OCH3 is 1. The molecule has 1 N–H and O–H groups in total. The minimum atomic E-state index is -0.709. The van der Waals surface area contributed by atoms with Gasteiger partial charge >= 0.3 is 5.97 Å². The van der Waals surface area contributed by atoms with Gasteiger partial charge in [0.1, 0.15) is 0 Å². The first kappa shape index (κ1) is 19.6. The molecule has 6 nitrogen and oxygen atoms in total. The quantitative estimate of drug-likeness (QED) is 0.573. The van der Waals surface area contributed by atoms with Crippen LogP contribution in [0.2, 0.25) is 0 Å². The maximum absolute atomic E-state index is 13.0. The molecule has 1 heterocycles. The fourth-order valence-electron chi connectivity index (χ4n) is 6.43. The zero-order chi connectivity index (χ0) is 20.1. The molecule has 0 aliphatic heterocycles. The van der Waals surface area contributed by atoms with Crippen LogP contribution in [0.3, 0.4) is 0 Å². The fraction of sp³-hybridized carbons (Fsp3) is 0.727. The first-order valence-corrected chi connectivity index (χ1v) is 10.3.